The molecule has 0 radical (unpaired) electrons. The SMILES string of the molecule is CN(C)c1cccc(N/C=C\C(O)c2ccccc2)c1. The molecule has 0 aliphatic carbocycles. The maximum atomic E-state index is 10.0. The summed E-state index contributed by atoms with van der Waals surface area (Å²) >= 11 is 0. The summed E-state index contributed by atoms with van der Waals surface area (Å²) in [6.07, 6.45) is 2.91. The van der Waals surface area contributed by atoms with Gasteiger partial charge in [-0.1, -0.05) is 36.4 Å². The first-order valence-electron chi connectivity index (χ1n) is 6.60. The van der Waals surface area contributed by atoms with Crippen LogP contribution in [0.15, 0.2) is 66.9 Å². The van der Waals surface area contributed by atoms with Crippen molar-refractivity contribution in [1.29, 1.82) is 0 Å². The van der Waals surface area contributed by atoms with Crippen molar-refractivity contribution < 1.29 is 5.11 Å². The van der Waals surface area contributed by atoms with Gasteiger partial charge in [0.15, 0.2) is 0 Å². The Kier molecular flexibility index (Phi) is 4.80. The van der Waals surface area contributed by atoms with Crippen LogP contribution in [0.3, 0.4) is 0 Å². The van der Waals surface area contributed by atoms with Crippen LogP contribution in [0.2, 0.25) is 0 Å². The molecule has 1 unspecified atom stereocenters. The van der Waals surface area contributed by atoms with E-state index in [9.17, 15) is 5.11 Å². The molecule has 2 N–H and O–H groups in total. The van der Waals surface area contributed by atoms with E-state index in [1.807, 2.05) is 67.5 Å². The summed E-state index contributed by atoms with van der Waals surface area (Å²) in [7, 11) is 4.02. The molecule has 0 bridgehead atoms. The molecule has 0 saturated heterocycles. The highest BCUT2D eigenvalue weighted by Gasteiger charge is 2.01. The standard InChI is InChI=1S/C17H20N2O/c1-19(2)16-10-6-9-15(13-16)18-12-11-17(20)14-7-4-3-5-8-14/h3-13,17-18,20H,1-2H3/b12-11-. The van der Waals surface area contributed by atoms with Crippen LogP contribution in [0.4, 0.5) is 11.4 Å². The molecule has 2 rings (SSSR count). The Labute approximate surface area is 120 Å². The number of aliphatic hydroxyl groups is 1. The van der Waals surface area contributed by atoms with Gasteiger partial charge in [0, 0.05) is 25.5 Å². The van der Waals surface area contributed by atoms with Crippen LogP contribution in [-0.4, -0.2) is 19.2 Å². The predicted octanol–water partition coefficient (Wildman–Crippen LogP) is 3.41. The first-order valence-corrected chi connectivity index (χ1v) is 6.60. The molecule has 1 atom stereocenters. The van der Waals surface area contributed by atoms with E-state index in [1.165, 1.54) is 0 Å². The fraction of sp³-hybridized carbons (Fsp3) is 0.176. The van der Waals surface area contributed by atoms with Crippen LogP contribution >= 0.6 is 0 Å². The average Bonchev–Trinajstić information content (AvgIpc) is 2.48. The summed E-state index contributed by atoms with van der Waals surface area (Å²) in [6.45, 7) is 0. The Morgan fingerprint density at radius 3 is 2.50 bits per heavy atom. The van der Waals surface area contributed by atoms with E-state index in [0.29, 0.717) is 0 Å². The molecule has 0 heterocycles. The van der Waals surface area contributed by atoms with Crippen molar-refractivity contribution in [3.8, 4) is 0 Å². The Morgan fingerprint density at radius 1 is 1.05 bits per heavy atom. The van der Waals surface area contributed by atoms with E-state index >= 15 is 0 Å². The minimum absolute atomic E-state index is 0.597. The van der Waals surface area contributed by atoms with E-state index in [-0.39, 0.29) is 0 Å². The van der Waals surface area contributed by atoms with E-state index in [4.69, 9.17) is 0 Å². The third-order valence-corrected chi connectivity index (χ3v) is 3.03. The lowest BCUT2D eigenvalue weighted by atomic mass is 10.1. The number of rotatable bonds is 5. The summed E-state index contributed by atoms with van der Waals surface area (Å²) in [4.78, 5) is 2.05. The molecule has 0 amide bonds. The fourth-order valence-corrected chi connectivity index (χ4v) is 1.87. The van der Waals surface area contributed by atoms with Crippen molar-refractivity contribution in [2.45, 2.75) is 6.10 Å². The first kappa shape index (κ1) is 14.2. The smallest absolute Gasteiger partial charge is 0.0988 e. The lowest BCUT2D eigenvalue weighted by Crippen LogP contribution is -2.08. The molecular formula is C17H20N2O. The predicted molar refractivity (Wildman–Crippen MR) is 84.9 cm³/mol. The Hall–Kier alpha value is -2.26. The Morgan fingerprint density at radius 2 is 1.80 bits per heavy atom. The lowest BCUT2D eigenvalue weighted by Gasteiger charge is -2.13. The summed E-state index contributed by atoms with van der Waals surface area (Å²) in [5.41, 5.74) is 3.01. The van der Waals surface area contributed by atoms with Crippen LogP contribution in [0.5, 0.6) is 0 Å². The monoisotopic (exact) mass is 268 g/mol. The molecule has 0 aliphatic rings. The molecule has 0 fully saturated rings. The molecule has 0 spiro atoms. The van der Waals surface area contributed by atoms with E-state index in [0.717, 1.165) is 16.9 Å². The molecule has 2 aromatic rings. The fourth-order valence-electron chi connectivity index (χ4n) is 1.87. The molecule has 3 nitrogen and oxygen atoms in total. The molecule has 2 aromatic carbocycles. The highest BCUT2D eigenvalue weighted by Crippen LogP contribution is 2.18. The maximum Gasteiger partial charge on any atom is 0.0988 e. The van der Waals surface area contributed by atoms with Crippen molar-refractivity contribution in [2.75, 3.05) is 24.3 Å². The van der Waals surface area contributed by atoms with Crippen LogP contribution in [0.25, 0.3) is 0 Å². The molecule has 20 heavy (non-hydrogen) atoms. The number of aliphatic hydroxyl groups excluding tert-OH is 1. The third kappa shape index (κ3) is 3.87. The van der Waals surface area contributed by atoms with Crippen molar-refractivity contribution in [2.24, 2.45) is 0 Å². The van der Waals surface area contributed by atoms with Crippen LogP contribution in [-0.2, 0) is 0 Å². The van der Waals surface area contributed by atoms with Crippen molar-refractivity contribution in [1.82, 2.24) is 0 Å². The zero-order chi connectivity index (χ0) is 14.4. The van der Waals surface area contributed by atoms with Gasteiger partial charge in [0.2, 0.25) is 0 Å². The van der Waals surface area contributed by atoms with Gasteiger partial charge in [-0.15, -0.1) is 0 Å². The number of benzene rings is 2. The molecule has 0 saturated carbocycles. The van der Waals surface area contributed by atoms with Crippen LogP contribution in [0, 0.1) is 0 Å². The van der Waals surface area contributed by atoms with Gasteiger partial charge < -0.3 is 15.3 Å². The Balaban J connectivity index is 1.98. The quantitative estimate of drug-likeness (QED) is 0.872. The van der Waals surface area contributed by atoms with E-state index < -0.39 is 6.10 Å². The number of hydrogen-bond acceptors (Lipinski definition) is 3. The summed E-state index contributed by atoms with van der Waals surface area (Å²) in [5, 5.41) is 13.2. The second kappa shape index (κ2) is 6.78. The highest BCUT2D eigenvalue weighted by atomic mass is 16.3. The van der Waals surface area contributed by atoms with E-state index in [2.05, 4.69) is 11.4 Å². The highest BCUT2D eigenvalue weighted by molar-refractivity contribution is 5.58. The summed E-state index contributed by atoms with van der Waals surface area (Å²) < 4.78 is 0. The summed E-state index contributed by atoms with van der Waals surface area (Å²) in [5.74, 6) is 0. The van der Waals surface area contributed by atoms with Crippen LogP contribution in [0.1, 0.15) is 11.7 Å². The van der Waals surface area contributed by atoms with Gasteiger partial charge in [-0.05, 0) is 36.0 Å². The van der Waals surface area contributed by atoms with Gasteiger partial charge in [-0.2, -0.15) is 0 Å². The van der Waals surface area contributed by atoms with Gasteiger partial charge >= 0.3 is 0 Å². The number of anilines is 2. The minimum atomic E-state index is -0.597. The van der Waals surface area contributed by atoms with Gasteiger partial charge in [-0.25, -0.2) is 0 Å². The zero-order valence-corrected chi connectivity index (χ0v) is 11.8. The number of hydrogen-bond donors (Lipinski definition) is 2. The second-order valence-corrected chi connectivity index (χ2v) is 4.80. The number of nitrogens with zero attached hydrogens (tertiary/aromatic N) is 1. The van der Waals surface area contributed by atoms with Gasteiger partial charge in [-0.3, -0.25) is 0 Å². The maximum absolute atomic E-state index is 10.0. The normalized spacial score (nSPS) is 12.3. The molecular weight excluding hydrogens is 248 g/mol. The lowest BCUT2D eigenvalue weighted by molar-refractivity contribution is 0.228. The van der Waals surface area contributed by atoms with Gasteiger partial charge in [0.25, 0.3) is 0 Å². The van der Waals surface area contributed by atoms with Gasteiger partial charge in [0.05, 0.1) is 6.10 Å². The summed E-state index contributed by atoms with van der Waals surface area (Å²) in [6, 6.07) is 17.7. The van der Waals surface area contributed by atoms with Crippen molar-refractivity contribution in [3.05, 3.63) is 72.4 Å². The number of nitrogens with one attached hydrogen (secondary N) is 1. The topological polar surface area (TPSA) is 35.5 Å². The molecule has 0 aliphatic heterocycles. The first-order chi connectivity index (χ1) is 9.66. The van der Waals surface area contributed by atoms with Gasteiger partial charge in [0.1, 0.15) is 0 Å². The average molecular weight is 268 g/mol. The van der Waals surface area contributed by atoms with Crippen LogP contribution < -0.4 is 10.2 Å². The van der Waals surface area contributed by atoms with E-state index in [1.54, 1.807) is 12.3 Å². The largest absolute Gasteiger partial charge is 0.384 e. The third-order valence-electron chi connectivity index (χ3n) is 3.03. The molecule has 104 valence electrons. The Bertz CT molecular complexity index is 564. The van der Waals surface area contributed by atoms with Crippen molar-refractivity contribution >= 4 is 11.4 Å². The molecule has 3 heteroatoms. The zero-order valence-electron chi connectivity index (χ0n) is 11.8. The molecule has 0 aromatic heterocycles. The second-order valence-electron chi connectivity index (χ2n) is 4.80. The van der Waals surface area contributed by atoms with Crippen molar-refractivity contribution in [3.63, 3.8) is 0 Å². The minimum Gasteiger partial charge on any atom is -0.384 e.